The summed E-state index contributed by atoms with van der Waals surface area (Å²) in [7, 11) is 0. The van der Waals surface area contributed by atoms with E-state index in [2.05, 4.69) is 43.7 Å². The Balaban J connectivity index is 2.47. The molecular formula is C12H16NS+. The largest absolute Gasteiger partial charge is 0.226 e. The standard InChI is InChI=1S/C12H16NS/c1-4-13-7-11-6-9(2)5-10(3)12(11)14-8-13/h4-6H,7-8H2,1-3H3/q+1/b13-4-. The highest BCUT2D eigenvalue weighted by Crippen LogP contribution is 2.32. The van der Waals surface area contributed by atoms with Crippen LogP contribution in [0.4, 0.5) is 0 Å². The number of thioether (sulfide) groups is 1. The Kier molecular flexibility index (Phi) is 2.64. The lowest BCUT2D eigenvalue weighted by atomic mass is 10.1. The van der Waals surface area contributed by atoms with Crippen molar-refractivity contribution >= 4 is 18.0 Å². The van der Waals surface area contributed by atoms with Gasteiger partial charge in [-0.2, -0.15) is 0 Å². The fourth-order valence-electron chi connectivity index (χ4n) is 1.94. The lowest BCUT2D eigenvalue weighted by Gasteiger charge is -2.16. The van der Waals surface area contributed by atoms with Gasteiger partial charge in [0.15, 0.2) is 12.4 Å². The average molecular weight is 206 g/mol. The molecule has 2 heteroatoms. The minimum atomic E-state index is 1.07. The van der Waals surface area contributed by atoms with Crippen molar-refractivity contribution in [2.75, 3.05) is 5.88 Å². The lowest BCUT2D eigenvalue weighted by molar-refractivity contribution is -0.521. The molecule has 1 aromatic rings. The van der Waals surface area contributed by atoms with Crippen molar-refractivity contribution in [3.63, 3.8) is 0 Å². The van der Waals surface area contributed by atoms with Crippen LogP contribution in [0.15, 0.2) is 17.0 Å². The smallest absolute Gasteiger partial charge is 0.193 e. The van der Waals surface area contributed by atoms with Crippen LogP contribution in [0.2, 0.25) is 0 Å². The molecule has 1 aliphatic heterocycles. The molecule has 1 nitrogen and oxygen atoms in total. The van der Waals surface area contributed by atoms with Gasteiger partial charge in [0.25, 0.3) is 0 Å². The normalized spacial score (nSPS) is 18.4. The van der Waals surface area contributed by atoms with E-state index < -0.39 is 0 Å². The molecule has 74 valence electrons. The SMILES string of the molecule is C/C=[N+]1\CSc2c(C)cc(C)cc2C1. The number of nitrogens with zero attached hydrogens (tertiary/aromatic N) is 1. The molecule has 0 aromatic heterocycles. The molecule has 1 aliphatic rings. The van der Waals surface area contributed by atoms with E-state index >= 15 is 0 Å². The third-order valence-corrected chi connectivity index (χ3v) is 3.94. The van der Waals surface area contributed by atoms with Gasteiger partial charge in [-0.3, -0.25) is 0 Å². The lowest BCUT2D eigenvalue weighted by Crippen LogP contribution is -2.17. The molecule has 0 aliphatic carbocycles. The molecule has 2 rings (SSSR count). The summed E-state index contributed by atoms with van der Waals surface area (Å²) in [6.45, 7) is 7.56. The van der Waals surface area contributed by atoms with Gasteiger partial charge in [-0.25, -0.2) is 4.58 Å². The van der Waals surface area contributed by atoms with E-state index in [9.17, 15) is 0 Å². The van der Waals surface area contributed by atoms with Crippen molar-refractivity contribution in [1.82, 2.24) is 0 Å². The molecule has 0 unspecified atom stereocenters. The maximum atomic E-state index is 2.35. The molecule has 14 heavy (non-hydrogen) atoms. The van der Waals surface area contributed by atoms with Crippen LogP contribution >= 0.6 is 11.8 Å². The molecule has 0 bridgehead atoms. The Morgan fingerprint density at radius 3 is 2.86 bits per heavy atom. The minimum Gasteiger partial charge on any atom is -0.226 e. The second-order valence-electron chi connectivity index (χ2n) is 3.85. The summed E-state index contributed by atoms with van der Waals surface area (Å²) in [6, 6.07) is 4.59. The van der Waals surface area contributed by atoms with Crippen molar-refractivity contribution in [1.29, 1.82) is 0 Å². The average Bonchev–Trinajstić information content (AvgIpc) is 2.16. The maximum Gasteiger partial charge on any atom is 0.193 e. The van der Waals surface area contributed by atoms with Crippen LogP contribution in [0.25, 0.3) is 0 Å². The van der Waals surface area contributed by atoms with Crippen LogP contribution in [0.5, 0.6) is 0 Å². The van der Waals surface area contributed by atoms with E-state index in [1.54, 1.807) is 0 Å². The fourth-order valence-corrected chi connectivity index (χ4v) is 3.07. The number of rotatable bonds is 0. The number of hydrogen-bond donors (Lipinski definition) is 0. The number of hydrogen-bond acceptors (Lipinski definition) is 1. The first kappa shape index (κ1) is 9.78. The van der Waals surface area contributed by atoms with Crippen LogP contribution < -0.4 is 0 Å². The molecule has 0 N–H and O–H groups in total. The number of benzene rings is 1. The van der Waals surface area contributed by atoms with Crippen molar-refractivity contribution in [2.45, 2.75) is 32.2 Å². The molecule has 0 atom stereocenters. The summed E-state index contributed by atoms with van der Waals surface area (Å²) in [5.41, 5.74) is 4.29. The van der Waals surface area contributed by atoms with Crippen LogP contribution in [0.3, 0.4) is 0 Å². The zero-order chi connectivity index (χ0) is 10.1. The minimum absolute atomic E-state index is 1.07. The van der Waals surface area contributed by atoms with Gasteiger partial charge in [-0.15, -0.1) is 0 Å². The topological polar surface area (TPSA) is 3.01 Å². The summed E-state index contributed by atoms with van der Waals surface area (Å²) in [6.07, 6.45) is 2.17. The quantitative estimate of drug-likeness (QED) is 0.590. The summed E-state index contributed by atoms with van der Waals surface area (Å²) in [4.78, 5) is 1.49. The van der Waals surface area contributed by atoms with Crippen LogP contribution in [0, 0.1) is 13.8 Å². The van der Waals surface area contributed by atoms with Crippen LogP contribution in [-0.2, 0) is 6.54 Å². The fraction of sp³-hybridized carbons (Fsp3) is 0.417. The van der Waals surface area contributed by atoms with Crippen molar-refractivity contribution < 1.29 is 4.58 Å². The molecule has 0 amide bonds. The van der Waals surface area contributed by atoms with E-state index in [0.29, 0.717) is 0 Å². The number of fused-ring (bicyclic) bond motifs is 1. The number of aryl methyl sites for hydroxylation is 2. The van der Waals surface area contributed by atoms with Gasteiger partial charge in [-0.1, -0.05) is 23.4 Å². The summed E-state index contributed by atoms with van der Waals surface area (Å²) in [5.74, 6) is 1.09. The third-order valence-electron chi connectivity index (χ3n) is 2.61. The van der Waals surface area contributed by atoms with Gasteiger partial charge < -0.3 is 0 Å². The highest BCUT2D eigenvalue weighted by atomic mass is 32.2. The van der Waals surface area contributed by atoms with Gasteiger partial charge in [0.2, 0.25) is 0 Å². The Morgan fingerprint density at radius 1 is 1.36 bits per heavy atom. The van der Waals surface area contributed by atoms with E-state index in [1.807, 2.05) is 11.8 Å². The highest BCUT2D eigenvalue weighted by Gasteiger charge is 2.19. The van der Waals surface area contributed by atoms with Crippen molar-refractivity contribution in [3.8, 4) is 0 Å². The first-order valence-corrected chi connectivity index (χ1v) is 5.95. The Morgan fingerprint density at radius 2 is 2.14 bits per heavy atom. The van der Waals surface area contributed by atoms with Crippen LogP contribution in [-0.4, -0.2) is 16.7 Å². The second kappa shape index (κ2) is 3.77. The van der Waals surface area contributed by atoms with Gasteiger partial charge in [0.05, 0.1) is 0 Å². The predicted octanol–water partition coefficient (Wildman–Crippen LogP) is 2.97. The third kappa shape index (κ3) is 1.71. The van der Waals surface area contributed by atoms with Gasteiger partial charge in [-0.05, 0) is 25.5 Å². The van der Waals surface area contributed by atoms with E-state index in [0.717, 1.165) is 12.4 Å². The molecule has 0 saturated heterocycles. The Hall–Kier alpha value is -0.760. The highest BCUT2D eigenvalue weighted by molar-refractivity contribution is 7.99. The molecule has 0 spiro atoms. The van der Waals surface area contributed by atoms with E-state index in [1.165, 1.54) is 21.6 Å². The van der Waals surface area contributed by atoms with Crippen molar-refractivity contribution in [2.24, 2.45) is 0 Å². The summed E-state index contributed by atoms with van der Waals surface area (Å²) in [5, 5.41) is 0. The monoisotopic (exact) mass is 206 g/mol. The zero-order valence-electron chi connectivity index (χ0n) is 9.00. The first-order chi connectivity index (χ1) is 6.70. The predicted molar refractivity (Wildman–Crippen MR) is 62.3 cm³/mol. The van der Waals surface area contributed by atoms with Gasteiger partial charge in [0.1, 0.15) is 6.21 Å². The van der Waals surface area contributed by atoms with Crippen LogP contribution in [0.1, 0.15) is 23.6 Å². The van der Waals surface area contributed by atoms with Crippen molar-refractivity contribution in [3.05, 3.63) is 28.8 Å². The molecule has 1 aromatic carbocycles. The second-order valence-corrected chi connectivity index (χ2v) is 4.80. The first-order valence-electron chi connectivity index (χ1n) is 4.97. The van der Waals surface area contributed by atoms with Gasteiger partial charge >= 0.3 is 0 Å². The summed E-state index contributed by atoms with van der Waals surface area (Å²) < 4.78 is 2.35. The van der Waals surface area contributed by atoms with E-state index in [4.69, 9.17) is 0 Å². The Labute approximate surface area is 89.8 Å². The molecule has 1 heterocycles. The molecule has 0 fully saturated rings. The summed E-state index contributed by atoms with van der Waals surface area (Å²) >= 11 is 1.95. The maximum absolute atomic E-state index is 2.35. The zero-order valence-corrected chi connectivity index (χ0v) is 9.82. The Bertz CT molecular complexity index is 394. The van der Waals surface area contributed by atoms with Gasteiger partial charge in [0, 0.05) is 17.4 Å². The molecule has 0 radical (unpaired) electrons. The molecule has 0 saturated carbocycles. The molecular weight excluding hydrogens is 190 g/mol. The van der Waals surface area contributed by atoms with E-state index in [-0.39, 0.29) is 0 Å².